The van der Waals surface area contributed by atoms with Crippen molar-refractivity contribution in [2.24, 2.45) is 5.73 Å². The summed E-state index contributed by atoms with van der Waals surface area (Å²) in [4.78, 5) is 28.0. The highest BCUT2D eigenvalue weighted by Gasteiger charge is 2.50. The molecular formula is C17H24ClN5O5S. The van der Waals surface area contributed by atoms with Crippen molar-refractivity contribution >= 4 is 33.6 Å². The first-order valence-corrected chi connectivity index (χ1v) is 11.3. The van der Waals surface area contributed by atoms with Crippen LogP contribution in [0.3, 0.4) is 0 Å². The summed E-state index contributed by atoms with van der Waals surface area (Å²) in [6.45, 7) is 0.790. The smallest absolute Gasteiger partial charge is 0.322 e. The Morgan fingerprint density at radius 1 is 1.31 bits per heavy atom. The van der Waals surface area contributed by atoms with E-state index >= 15 is 0 Å². The van der Waals surface area contributed by atoms with Crippen LogP contribution >= 0.6 is 11.6 Å². The topological polar surface area (TPSA) is 144 Å². The third kappa shape index (κ3) is 5.16. The van der Waals surface area contributed by atoms with Crippen LogP contribution in [0.1, 0.15) is 25.7 Å². The van der Waals surface area contributed by atoms with Crippen molar-refractivity contribution in [3.05, 3.63) is 23.4 Å². The van der Waals surface area contributed by atoms with E-state index < -0.39 is 33.3 Å². The van der Waals surface area contributed by atoms with Crippen molar-refractivity contribution in [1.29, 1.82) is 0 Å². The van der Waals surface area contributed by atoms with Crippen LogP contribution in [0.4, 0.5) is 4.79 Å². The molecule has 0 aromatic carbocycles. The van der Waals surface area contributed by atoms with Crippen molar-refractivity contribution in [3.8, 4) is 5.88 Å². The van der Waals surface area contributed by atoms with Gasteiger partial charge >= 0.3 is 6.03 Å². The van der Waals surface area contributed by atoms with Gasteiger partial charge in [0.1, 0.15) is 11.6 Å². The van der Waals surface area contributed by atoms with Gasteiger partial charge in [-0.15, -0.1) is 0 Å². The number of amides is 3. The highest BCUT2D eigenvalue weighted by atomic mass is 35.5. The Morgan fingerprint density at radius 3 is 2.59 bits per heavy atom. The highest BCUT2D eigenvalue weighted by Crippen LogP contribution is 2.25. The fourth-order valence-corrected chi connectivity index (χ4v) is 5.55. The van der Waals surface area contributed by atoms with Gasteiger partial charge in [-0.1, -0.05) is 11.6 Å². The standard InChI is InChI=1S/C17H24ClN5O5S/c18-12-2-3-14(20-10-12)28-13-4-8-23(9-5-13)29(26,27)11-17(6-1-7-19)15(24)21-16(25)22-17/h2-3,10,13H,1,4-9,11,19H2,(H2,21,22,24,25). The average molecular weight is 446 g/mol. The van der Waals surface area contributed by atoms with Gasteiger partial charge in [-0.25, -0.2) is 22.5 Å². The number of hydrogen-bond donors (Lipinski definition) is 3. The van der Waals surface area contributed by atoms with Gasteiger partial charge < -0.3 is 15.8 Å². The number of sulfonamides is 1. The Labute approximate surface area is 174 Å². The monoisotopic (exact) mass is 445 g/mol. The number of imide groups is 1. The number of nitrogens with one attached hydrogen (secondary N) is 2. The zero-order valence-electron chi connectivity index (χ0n) is 15.8. The minimum absolute atomic E-state index is 0.155. The van der Waals surface area contributed by atoms with E-state index in [2.05, 4.69) is 15.6 Å². The van der Waals surface area contributed by atoms with E-state index in [9.17, 15) is 18.0 Å². The van der Waals surface area contributed by atoms with Gasteiger partial charge in [0.25, 0.3) is 5.91 Å². The van der Waals surface area contributed by atoms with Crippen LogP contribution in [-0.2, 0) is 14.8 Å². The molecule has 12 heteroatoms. The van der Waals surface area contributed by atoms with Crippen LogP contribution in [-0.4, -0.2) is 66.7 Å². The lowest BCUT2D eigenvalue weighted by Gasteiger charge is -2.34. The molecule has 2 aliphatic rings. The molecular weight excluding hydrogens is 422 g/mol. The summed E-state index contributed by atoms with van der Waals surface area (Å²) in [6.07, 6.45) is 2.85. The molecule has 0 aliphatic carbocycles. The number of nitrogens with zero attached hydrogens (tertiary/aromatic N) is 2. The number of urea groups is 1. The first kappa shape index (κ1) is 21.8. The zero-order valence-corrected chi connectivity index (χ0v) is 17.3. The van der Waals surface area contributed by atoms with Gasteiger partial charge in [0.15, 0.2) is 0 Å². The highest BCUT2D eigenvalue weighted by molar-refractivity contribution is 7.89. The Kier molecular flexibility index (Phi) is 6.62. The second-order valence-corrected chi connectivity index (χ2v) is 9.58. The number of rotatable bonds is 8. The molecule has 160 valence electrons. The summed E-state index contributed by atoms with van der Waals surface area (Å²) in [5, 5.41) is 5.12. The van der Waals surface area contributed by atoms with Crippen LogP contribution in [0.15, 0.2) is 18.3 Å². The Bertz CT molecular complexity index is 857. The molecule has 4 N–H and O–H groups in total. The molecule has 2 saturated heterocycles. The first-order chi connectivity index (χ1) is 13.7. The lowest BCUT2D eigenvalue weighted by molar-refractivity contribution is -0.123. The van der Waals surface area contributed by atoms with E-state index in [-0.39, 0.29) is 32.2 Å². The van der Waals surface area contributed by atoms with Gasteiger partial charge in [0, 0.05) is 25.4 Å². The molecule has 2 aliphatic heterocycles. The Morgan fingerprint density at radius 2 is 2.03 bits per heavy atom. The Balaban J connectivity index is 1.62. The maximum Gasteiger partial charge on any atom is 0.322 e. The number of piperidine rings is 1. The summed E-state index contributed by atoms with van der Waals surface area (Å²) < 4.78 is 33.0. The van der Waals surface area contributed by atoms with Gasteiger partial charge in [-0.3, -0.25) is 10.1 Å². The number of hydrogen-bond acceptors (Lipinski definition) is 7. The summed E-state index contributed by atoms with van der Waals surface area (Å²) in [7, 11) is -3.79. The molecule has 0 radical (unpaired) electrons. The zero-order chi connectivity index (χ0) is 21.1. The molecule has 1 aromatic rings. The van der Waals surface area contributed by atoms with Crippen molar-refractivity contribution < 1.29 is 22.7 Å². The minimum Gasteiger partial charge on any atom is -0.474 e. The molecule has 29 heavy (non-hydrogen) atoms. The predicted octanol–water partition coefficient (Wildman–Crippen LogP) is 0.225. The van der Waals surface area contributed by atoms with Crippen molar-refractivity contribution in [1.82, 2.24) is 19.9 Å². The molecule has 1 aromatic heterocycles. The summed E-state index contributed by atoms with van der Waals surface area (Å²) >= 11 is 5.80. The van der Waals surface area contributed by atoms with Crippen molar-refractivity contribution in [2.75, 3.05) is 25.4 Å². The van der Waals surface area contributed by atoms with Gasteiger partial charge in [0.2, 0.25) is 15.9 Å². The van der Waals surface area contributed by atoms with Crippen LogP contribution in [0.2, 0.25) is 5.02 Å². The number of nitrogens with two attached hydrogens (primary N) is 1. The summed E-state index contributed by atoms with van der Waals surface area (Å²) in [5.41, 5.74) is 4.02. The summed E-state index contributed by atoms with van der Waals surface area (Å²) in [6, 6.07) is 2.64. The van der Waals surface area contributed by atoms with E-state index in [4.69, 9.17) is 22.1 Å². The third-order valence-corrected chi connectivity index (χ3v) is 7.27. The molecule has 1 atom stereocenters. The predicted molar refractivity (Wildman–Crippen MR) is 106 cm³/mol. The molecule has 2 fully saturated rings. The molecule has 3 amide bonds. The number of ether oxygens (including phenoxy) is 1. The third-order valence-electron chi connectivity index (χ3n) is 5.03. The number of carbonyl (C=O) groups is 2. The lowest BCUT2D eigenvalue weighted by atomic mass is 9.96. The van der Waals surface area contributed by atoms with Crippen molar-refractivity contribution in [2.45, 2.75) is 37.3 Å². The first-order valence-electron chi connectivity index (χ1n) is 9.34. The number of pyridine rings is 1. The second-order valence-electron chi connectivity index (χ2n) is 7.17. The fraction of sp³-hybridized carbons (Fsp3) is 0.588. The van der Waals surface area contributed by atoms with Gasteiger partial charge in [-0.05, 0) is 38.3 Å². The van der Waals surface area contributed by atoms with E-state index in [0.717, 1.165) is 0 Å². The number of carbonyl (C=O) groups excluding carboxylic acids is 2. The number of aromatic nitrogens is 1. The lowest BCUT2D eigenvalue weighted by Crippen LogP contribution is -2.56. The average Bonchev–Trinajstić information content (AvgIpc) is 2.95. The SMILES string of the molecule is NCCCC1(CS(=O)(=O)N2CCC(Oc3ccc(Cl)cn3)CC2)NC(=O)NC1=O. The maximum atomic E-state index is 13.0. The molecule has 0 bridgehead atoms. The van der Waals surface area contributed by atoms with Crippen LogP contribution in [0.5, 0.6) is 5.88 Å². The van der Waals surface area contributed by atoms with Crippen LogP contribution in [0, 0.1) is 0 Å². The van der Waals surface area contributed by atoms with E-state index in [1.165, 1.54) is 10.5 Å². The van der Waals surface area contributed by atoms with Gasteiger partial charge in [0.05, 0.1) is 10.8 Å². The summed E-state index contributed by atoms with van der Waals surface area (Å²) in [5.74, 6) is -0.699. The van der Waals surface area contributed by atoms with E-state index in [1.807, 2.05) is 0 Å². The van der Waals surface area contributed by atoms with Gasteiger partial charge in [-0.2, -0.15) is 0 Å². The minimum atomic E-state index is -3.79. The van der Waals surface area contributed by atoms with Crippen molar-refractivity contribution in [3.63, 3.8) is 0 Å². The Hall–Kier alpha value is -1.95. The largest absolute Gasteiger partial charge is 0.474 e. The van der Waals surface area contributed by atoms with E-state index in [0.29, 0.717) is 30.2 Å². The quantitative estimate of drug-likeness (QED) is 0.485. The molecule has 0 saturated carbocycles. The molecule has 10 nitrogen and oxygen atoms in total. The normalized spacial score (nSPS) is 23.7. The molecule has 0 spiro atoms. The molecule has 3 heterocycles. The molecule has 3 rings (SSSR count). The van der Waals surface area contributed by atoms with E-state index in [1.54, 1.807) is 12.1 Å². The maximum absolute atomic E-state index is 13.0. The second kappa shape index (κ2) is 8.82. The molecule has 1 unspecified atom stereocenters. The number of halogens is 1. The van der Waals surface area contributed by atoms with Crippen LogP contribution < -0.4 is 21.1 Å². The van der Waals surface area contributed by atoms with Crippen LogP contribution in [0.25, 0.3) is 0 Å². The fourth-order valence-electron chi connectivity index (χ4n) is 3.52.